The molecule has 0 aromatic rings. The highest BCUT2D eigenvalue weighted by atomic mass is 16.1. The van der Waals surface area contributed by atoms with Gasteiger partial charge >= 0.3 is 0 Å². The third kappa shape index (κ3) is 3.33. The van der Waals surface area contributed by atoms with Crippen LogP contribution in [0.15, 0.2) is 0 Å². The van der Waals surface area contributed by atoms with Crippen molar-refractivity contribution in [3.05, 3.63) is 0 Å². The van der Waals surface area contributed by atoms with Gasteiger partial charge in [-0.2, -0.15) is 0 Å². The van der Waals surface area contributed by atoms with E-state index in [1.807, 2.05) is 0 Å². The maximum atomic E-state index is 11.5. The predicted molar refractivity (Wildman–Crippen MR) is 74.7 cm³/mol. The van der Waals surface area contributed by atoms with Crippen molar-refractivity contribution in [2.45, 2.75) is 51.0 Å². The van der Waals surface area contributed by atoms with E-state index in [1.54, 1.807) is 0 Å². The summed E-state index contributed by atoms with van der Waals surface area (Å²) < 4.78 is 0. The smallest absolute Gasteiger partial charge is 0.127 e. The van der Waals surface area contributed by atoms with Crippen LogP contribution in [0.1, 0.15) is 44.9 Å². The highest BCUT2D eigenvalue weighted by molar-refractivity contribution is 5.60. The summed E-state index contributed by atoms with van der Waals surface area (Å²) in [6, 6.07) is 0.697. The van der Waals surface area contributed by atoms with Gasteiger partial charge in [-0.25, -0.2) is 0 Å². The summed E-state index contributed by atoms with van der Waals surface area (Å²) in [7, 11) is 4.41. The monoisotopic (exact) mass is 252 g/mol. The SMILES string of the molecule is CN(CC1CCCN1C)CC1(C=O)CCCCC1. The molecule has 1 atom stereocenters. The Bertz CT molecular complexity index is 274. The van der Waals surface area contributed by atoms with Gasteiger partial charge in [-0.1, -0.05) is 19.3 Å². The number of carbonyl (C=O) groups excluding carboxylic acids is 1. The van der Waals surface area contributed by atoms with E-state index in [2.05, 4.69) is 23.9 Å². The van der Waals surface area contributed by atoms with Crippen molar-refractivity contribution in [1.29, 1.82) is 0 Å². The molecule has 2 rings (SSSR count). The van der Waals surface area contributed by atoms with E-state index in [-0.39, 0.29) is 5.41 Å². The summed E-state index contributed by atoms with van der Waals surface area (Å²) >= 11 is 0. The van der Waals surface area contributed by atoms with Crippen molar-refractivity contribution in [3.63, 3.8) is 0 Å². The maximum Gasteiger partial charge on any atom is 0.127 e. The molecule has 1 aliphatic heterocycles. The Morgan fingerprint density at radius 2 is 2.00 bits per heavy atom. The molecular weight excluding hydrogens is 224 g/mol. The molecule has 3 nitrogen and oxygen atoms in total. The first kappa shape index (κ1) is 14.0. The first-order chi connectivity index (χ1) is 8.65. The molecule has 3 heteroatoms. The molecule has 1 saturated carbocycles. The van der Waals surface area contributed by atoms with Crippen LogP contribution in [0.25, 0.3) is 0 Å². The normalized spacial score (nSPS) is 28.7. The second kappa shape index (κ2) is 6.16. The molecule has 1 saturated heterocycles. The van der Waals surface area contributed by atoms with Crippen LogP contribution >= 0.6 is 0 Å². The lowest BCUT2D eigenvalue weighted by Gasteiger charge is -2.37. The summed E-state index contributed by atoms with van der Waals surface area (Å²) in [5.41, 5.74) is -0.0375. The lowest BCUT2D eigenvalue weighted by molar-refractivity contribution is -0.119. The molecule has 0 amide bonds. The molecule has 2 aliphatic rings. The fourth-order valence-electron chi connectivity index (χ4n) is 3.74. The minimum atomic E-state index is -0.0375. The van der Waals surface area contributed by atoms with Crippen molar-refractivity contribution in [1.82, 2.24) is 9.80 Å². The third-order valence-corrected chi connectivity index (χ3v) is 4.88. The van der Waals surface area contributed by atoms with Gasteiger partial charge in [-0.05, 0) is 46.3 Å². The zero-order chi connectivity index (χ0) is 13.0. The van der Waals surface area contributed by atoms with E-state index in [0.717, 1.165) is 25.9 Å². The Morgan fingerprint density at radius 3 is 2.56 bits per heavy atom. The van der Waals surface area contributed by atoms with Crippen molar-refractivity contribution >= 4 is 6.29 Å². The first-order valence-corrected chi connectivity index (χ1v) is 7.50. The third-order valence-electron chi connectivity index (χ3n) is 4.88. The Hall–Kier alpha value is -0.410. The van der Waals surface area contributed by atoms with Crippen LogP contribution in [0, 0.1) is 5.41 Å². The number of rotatable bonds is 5. The lowest BCUT2D eigenvalue weighted by Crippen LogP contribution is -2.43. The summed E-state index contributed by atoms with van der Waals surface area (Å²) in [5, 5.41) is 0. The van der Waals surface area contributed by atoms with Gasteiger partial charge in [0.05, 0.1) is 0 Å². The van der Waals surface area contributed by atoms with Crippen LogP contribution in [0.4, 0.5) is 0 Å². The molecule has 0 aromatic carbocycles. The van der Waals surface area contributed by atoms with Crippen LogP contribution in [0.5, 0.6) is 0 Å². The second-order valence-corrected chi connectivity index (χ2v) is 6.51. The standard InChI is InChI=1S/C15H28N2O/c1-16(11-14-7-6-10-17(14)2)12-15(13-18)8-4-3-5-9-15/h13-14H,3-12H2,1-2H3. The van der Waals surface area contributed by atoms with Crippen LogP contribution in [0.3, 0.4) is 0 Å². The summed E-state index contributed by atoms with van der Waals surface area (Å²) in [6.45, 7) is 3.31. The quantitative estimate of drug-likeness (QED) is 0.701. The zero-order valence-electron chi connectivity index (χ0n) is 12.0. The molecule has 0 radical (unpaired) electrons. The lowest BCUT2D eigenvalue weighted by atomic mass is 9.75. The minimum absolute atomic E-state index is 0.0375. The van der Waals surface area contributed by atoms with Gasteiger partial charge < -0.3 is 14.6 Å². The Labute approximate surface area is 112 Å². The van der Waals surface area contributed by atoms with Gasteiger partial charge in [0.25, 0.3) is 0 Å². The van der Waals surface area contributed by atoms with Crippen LogP contribution in [-0.2, 0) is 4.79 Å². The summed E-state index contributed by atoms with van der Waals surface area (Å²) in [4.78, 5) is 16.3. The molecule has 0 spiro atoms. The van der Waals surface area contributed by atoms with Crippen molar-refractivity contribution in [3.8, 4) is 0 Å². The number of carbonyl (C=O) groups is 1. The highest BCUT2D eigenvalue weighted by Crippen LogP contribution is 2.35. The predicted octanol–water partition coefficient (Wildman–Crippen LogP) is 2.16. The number of likely N-dealkylation sites (tertiary alicyclic amines) is 1. The highest BCUT2D eigenvalue weighted by Gasteiger charge is 2.33. The van der Waals surface area contributed by atoms with Gasteiger partial charge in [0.1, 0.15) is 6.29 Å². The van der Waals surface area contributed by atoms with Gasteiger partial charge in [0.15, 0.2) is 0 Å². The molecule has 2 fully saturated rings. The molecule has 104 valence electrons. The Kier molecular flexibility index (Phi) is 4.79. The van der Waals surface area contributed by atoms with E-state index in [1.165, 1.54) is 44.9 Å². The van der Waals surface area contributed by atoms with Gasteiger partial charge in [0.2, 0.25) is 0 Å². The van der Waals surface area contributed by atoms with Crippen LogP contribution in [0.2, 0.25) is 0 Å². The molecule has 1 unspecified atom stereocenters. The molecule has 0 aromatic heterocycles. The summed E-state index contributed by atoms with van der Waals surface area (Å²) in [5.74, 6) is 0. The van der Waals surface area contributed by atoms with Crippen molar-refractivity contribution in [2.75, 3.05) is 33.7 Å². The maximum absolute atomic E-state index is 11.5. The average Bonchev–Trinajstić information content (AvgIpc) is 2.76. The number of hydrogen-bond donors (Lipinski definition) is 0. The Morgan fingerprint density at radius 1 is 1.28 bits per heavy atom. The zero-order valence-corrected chi connectivity index (χ0v) is 12.0. The van der Waals surface area contributed by atoms with E-state index in [9.17, 15) is 4.79 Å². The molecule has 1 heterocycles. The largest absolute Gasteiger partial charge is 0.304 e. The van der Waals surface area contributed by atoms with E-state index < -0.39 is 0 Å². The topological polar surface area (TPSA) is 23.6 Å². The fraction of sp³-hybridized carbons (Fsp3) is 0.933. The number of nitrogens with zero attached hydrogens (tertiary/aromatic N) is 2. The number of likely N-dealkylation sites (N-methyl/N-ethyl adjacent to an activating group) is 2. The molecule has 0 bridgehead atoms. The minimum Gasteiger partial charge on any atom is -0.304 e. The molecule has 0 N–H and O–H groups in total. The average molecular weight is 252 g/mol. The van der Waals surface area contributed by atoms with Crippen LogP contribution in [-0.4, -0.2) is 55.9 Å². The molecular formula is C15H28N2O. The van der Waals surface area contributed by atoms with Gasteiger partial charge in [-0.3, -0.25) is 0 Å². The number of aldehydes is 1. The molecule has 1 aliphatic carbocycles. The van der Waals surface area contributed by atoms with E-state index >= 15 is 0 Å². The number of hydrogen-bond acceptors (Lipinski definition) is 3. The van der Waals surface area contributed by atoms with Crippen molar-refractivity contribution < 1.29 is 4.79 Å². The first-order valence-electron chi connectivity index (χ1n) is 7.50. The van der Waals surface area contributed by atoms with E-state index in [4.69, 9.17) is 0 Å². The van der Waals surface area contributed by atoms with Gasteiger partial charge in [-0.15, -0.1) is 0 Å². The fourth-order valence-corrected chi connectivity index (χ4v) is 3.74. The van der Waals surface area contributed by atoms with E-state index in [0.29, 0.717) is 6.04 Å². The summed E-state index contributed by atoms with van der Waals surface area (Å²) in [6.07, 6.45) is 9.86. The Balaban J connectivity index is 1.85. The van der Waals surface area contributed by atoms with Crippen LogP contribution < -0.4 is 0 Å². The van der Waals surface area contributed by atoms with Gasteiger partial charge in [0, 0.05) is 24.5 Å². The molecule has 18 heavy (non-hydrogen) atoms. The van der Waals surface area contributed by atoms with Crippen molar-refractivity contribution in [2.24, 2.45) is 5.41 Å². The second-order valence-electron chi connectivity index (χ2n) is 6.51.